The molecule has 2 aliphatic heterocycles. The molecule has 7 heteroatoms. The standard InChI is InChI=1S/C18H21N3O3.ClH/c22-17(20-6-5-14-2-1-7-24-14)15-3-4-16-13-8-12(9-19-10-13)11-21(16)18(15)23;/h1-4,7,12-13,19H,5-6,8-11H2,(H,20,22);1H/t12-,13+;/m0./s1. The number of hydrogen-bond acceptors (Lipinski definition) is 4. The Kier molecular flexibility index (Phi) is 5.30. The summed E-state index contributed by atoms with van der Waals surface area (Å²) in [5.41, 5.74) is 1.11. The molecule has 2 bridgehead atoms. The summed E-state index contributed by atoms with van der Waals surface area (Å²) in [6.45, 7) is 3.00. The number of hydrogen-bond donors (Lipinski definition) is 2. The molecule has 2 N–H and O–H groups in total. The lowest BCUT2D eigenvalue weighted by Crippen LogP contribution is -2.46. The fraction of sp³-hybridized carbons (Fsp3) is 0.444. The van der Waals surface area contributed by atoms with Crippen molar-refractivity contribution in [3.8, 4) is 0 Å². The summed E-state index contributed by atoms with van der Waals surface area (Å²) >= 11 is 0. The molecular formula is C18H22ClN3O3. The van der Waals surface area contributed by atoms with E-state index in [2.05, 4.69) is 10.6 Å². The molecule has 4 heterocycles. The number of nitrogens with one attached hydrogen (secondary N) is 2. The number of carbonyl (C=O) groups is 1. The first-order chi connectivity index (χ1) is 11.7. The zero-order valence-corrected chi connectivity index (χ0v) is 14.7. The number of piperidine rings is 1. The second-order valence-corrected chi connectivity index (χ2v) is 6.63. The number of amides is 1. The molecule has 0 unspecified atom stereocenters. The van der Waals surface area contributed by atoms with Gasteiger partial charge in [-0.25, -0.2) is 0 Å². The lowest BCUT2D eigenvalue weighted by atomic mass is 9.84. The summed E-state index contributed by atoms with van der Waals surface area (Å²) in [6, 6.07) is 7.30. The maximum atomic E-state index is 12.7. The highest BCUT2D eigenvalue weighted by Gasteiger charge is 2.31. The molecule has 4 rings (SSSR count). The van der Waals surface area contributed by atoms with E-state index in [9.17, 15) is 9.59 Å². The van der Waals surface area contributed by atoms with Gasteiger partial charge in [-0.05, 0) is 43.1 Å². The Morgan fingerprint density at radius 2 is 2.20 bits per heavy atom. The van der Waals surface area contributed by atoms with Gasteiger partial charge in [0.1, 0.15) is 11.3 Å². The highest BCUT2D eigenvalue weighted by molar-refractivity contribution is 5.93. The molecule has 1 amide bonds. The van der Waals surface area contributed by atoms with Crippen LogP contribution in [0.2, 0.25) is 0 Å². The maximum absolute atomic E-state index is 12.7. The van der Waals surface area contributed by atoms with E-state index in [1.54, 1.807) is 16.9 Å². The van der Waals surface area contributed by atoms with Crippen LogP contribution in [0.3, 0.4) is 0 Å². The third-order valence-electron chi connectivity index (χ3n) is 4.99. The van der Waals surface area contributed by atoms with E-state index in [0.29, 0.717) is 31.3 Å². The van der Waals surface area contributed by atoms with Gasteiger partial charge in [-0.1, -0.05) is 0 Å². The lowest BCUT2D eigenvalue weighted by Gasteiger charge is -2.37. The van der Waals surface area contributed by atoms with E-state index in [1.165, 1.54) is 0 Å². The molecule has 134 valence electrons. The van der Waals surface area contributed by atoms with Crippen LogP contribution in [0.5, 0.6) is 0 Å². The van der Waals surface area contributed by atoms with Crippen molar-refractivity contribution in [1.29, 1.82) is 0 Å². The van der Waals surface area contributed by atoms with Crippen molar-refractivity contribution >= 4 is 18.3 Å². The molecule has 6 nitrogen and oxygen atoms in total. The van der Waals surface area contributed by atoms with Gasteiger partial charge < -0.3 is 19.6 Å². The Bertz CT molecular complexity index is 800. The van der Waals surface area contributed by atoms with E-state index < -0.39 is 0 Å². The number of rotatable bonds is 4. The van der Waals surface area contributed by atoms with Gasteiger partial charge in [-0.2, -0.15) is 0 Å². The largest absolute Gasteiger partial charge is 0.469 e. The Balaban J connectivity index is 0.00000182. The Morgan fingerprint density at radius 1 is 1.32 bits per heavy atom. The van der Waals surface area contributed by atoms with Crippen molar-refractivity contribution in [1.82, 2.24) is 15.2 Å². The van der Waals surface area contributed by atoms with E-state index in [4.69, 9.17) is 4.42 Å². The zero-order chi connectivity index (χ0) is 16.5. The normalized spacial score (nSPS) is 21.1. The van der Waals surface area contributed by atoms with E-state index in [-0.39, 0.29) is 29.4 Å². The number of furan rings is 1. The molecule has 1 saturated heterocycles. The minimum absolute atomic E-state index is 0. The van der Waals surface area contributed by atoms with Crippen molar-refractivity contribution in [3.63, 3.8) is 0 Å². The van der Waals surface area contributed by atoms with Gasteiger partial charge in [0.25, 0.3) is 11.5 Å². The van der Waals surface area contributed by atoms with Gasteiger partial charge in [0, 0.05) is 37.7 Å². The molecule has 1 fully saturated rings. The van der Waals surface area contributed by atoms with Gasteiger partial charge in [0.2, 0.25) is 0 Å². The second kappa shape index (κ2) is 7.45. The van der Waals surface area contributed by atoms with Gasteiger partial charge >= 0.3 is 0 Å². The predicted molar refractivity (Wildman–Crippen MR) is 96.4 cm³/mol. The maximum Gasteiger partial charge on any atom is 0.263 e. The van der Waals surface area contributed by atoms with Crippen molar-refractivity contribution in [2.24, 2.45) is 5.92 Å². The molecule has 2 aliphatic rings. The van der Waals surface area contributed by atoms with Crippen LogP contribution in [0.1, 0.15) is 34.2 Å². The first kappa shape index (κ1) is 17.8. The van der Waals surface area contributed by atoms with Gasteiger partial charge in [0.15, 0.2) is 0 Å². The van der Waals surface area contributed by atoms with Crippen LogP contribution in [-0.2, 0) is 13.0 Å². The molecule has 0 saturated carbocycles. The molecular weight excluding hydrogens is 342 g/mol. The summed E-state index contributed by atoms with van der Waals surface area (Å²) in [5.74, 6) is 1.36. The second-order valence-electron chi connectivity index (χ2n) is 6.63. The van der Waals surface area contributed by atoms with E-state index in [1.807, 2.05) is 18.2 Å². The number of fused-ring (bicyclic) bond motifs is 4. The van der Waals surface area contributed by atoms with Gasteiger partial charge in [-0.3, -0.25) is 9.59 Å². The Hall–Kier alpha value is -2.05. The monoisotopic (exact) mass is 363 g/mol. The van der Waals surface area contributed by atoms with Gasteiger partial charge in [0.05, 0.1) is 6.26 Å². The third kappa shape index (κ3) is 3.50. The zero-order valence-electron chi connectivity index (χ0n) is 13.9. The van der Waals surface area contributed by atoms with Crippen molar-refractivity contribution < 1.29 is 9.21 Å². The average molecular weight is 364 g/mol. The molecule has 2 atom stereocenters. The van der Waals surface area contributed by atoms with E-state index in [0.717, 1.165) is 31.0 Å². The molecule has 0 radical (unpaired) electrons. The number of pyridine rings is 1. The predicted octanol–water partition coefficient (Wildman–Crippen LogP) is 1.54. The van der Waals surface area contributed by atoms with Crippen LogP contribution in [-0.4, -0.2) is 30.1 Å². The molecule has 2 aromatic heterocycles. The Labute approximate surface area is 152 Å². The summed E-state index contributed by atoms with van der Waals surface area (Å²) in [6.07, 6.45) is 3.35. The number of nitrogens with zero attached hydrogens (tertiary/aromatic N) is 1. The third-order valence-corrected chi connectivity index (χ3v) is 4.99. The van der Waals surface area contributed by atoms with Gasteiger partial charge in [-0.15, -0.1) is 12.4 Å². The molecule has 0 spiro atoms. The smallest absolute Gasteiger partial charge is 0.263 e. The first-order valence-electron chi connectivity index (χ1n) is 8.47. The fourth-order valence-corrected chi connectivity index (χ4v) is 3.81. The summed E-state index contributed by atoms with van der Waals surface area (Å²) < 4.78 is 7.05. The van der Waals surface area contributed by atoms with Crippen LogP contribution < -0.4 is 16.2 Å². The fourth-order valence-electron chi connectivity index (χ4n) is 3.81. The minimum atomic E-state index is -0.310. The molecule has 0 aromatic carbocycles. The first-order valence-corrected chi connectivity index (χ1v) is 8.47. The molecule has 25 heavy (non-hydrogen) atoms. The highest BCUT2D eigenvalue weighted by Crippen LogP contribution is 2.31. The van der Waals surface area contributed by atoms with E-state index >= 15 is 0 Å². The van der Waals surface area contributed by atoms with Crippen LogP contribution in [0.25, 0.3) is 0 Å². The van der Waals surface area contributed by atoms with Crippen LogP contribution >= 0.6 is 12.4 Å². The molecule has 2 aromatic rings. The number of halogens is 1. The van der Waals surface area contributed by atoms with Crippen molar-refractivity contribution in [2.75, 3.05) is 19.6 Å². The molecule has 0 aliphatic carbocycles. The van der Waals surface area contributed by atoms with Crippen molar-refractivity contribution in [3.05, 3.63) is 57.9 Å². The minimum Gasteiger partial charge on any atom is -0.469 e. The summed E-state index contributed by atoms with van der Waals surface area (Å²) in [5, 5.41) is 6.23. The SMILES string of the molecule is Cl.O=C(NCCc1ccco1)c1ccc2n(c1=O)C[C@@H]1CNC[C@H]2C1. The topological polar surface area (TPSA) is 76.3 Å². The summed E-state index contributed by atoms with van der Waals surface area (Å²) in [7, 11) is 0. The van der Waals surface area contributed by atoms with Crippen LogP contribution in [0, 0.1) is 5.92 Å². The number of carbonyl (C=O) groups excluding carboxylic acids is 1. The van der Waals surface area contributed by atoms with Crippen LogP contribution in [0.15, 0.2) is 39.7 Å². The quantitative estimate of drug-likeness (QED) is 0.864. The Morgan fingerprint density at radius 3 is 3.00 bits per heavy atom. The van der Waals surface area contributed by atoms with Crippen LogP contribution in [0.4, 0.5) is 0 Å². The van der Waals surface area contributed by atoms with Crippen molar-refractivity contribution in [2.45, 2.75) is 25.3 Å². The highest BCUT2D eigenvalue weighted by atomic mass is 35.5. The lowest BCUT2D eigenvalue weighted by molar-refractivity contribution is 0.0951. The number of aromatic nitrogens is 1. The average Bonchev–Trinajstić information content (AvgIpc) is 3.09. The summed E-state index contributed by atoms with van der Waals surface area (Å²) in [4.78, 5) is 25.1.